The van der Waals surface area contributed by atoms with E-state index in [0.717, 1.165) is 38.5 Å². The Balaban J connectivity index is 1.80. The van der Waals surface area contributed by atoms with Crippen molar-refractivity contribution in [3.63, 3.8) is 0 Å². The molecule has 0 aromatic heterocycles. The first-order chi connectivity index (χ1) is 15.9. The third-order valence-corrected chi connectivity index (χ3v) is 7.76. The lowest BCUT2D eigenvalue weighted by molar-refractivity contribution is 0.618. The Hall–Kier alpha value is -2.60. The molecule has 0 saturated heterocycles. The van der Waals surface area contributed by atoms with Crippen LogP contribution in [-0.2, 0) is 12.8 Å². The van der Waals surface area contributed by atoms with Crippen molar-refractivity contribution < 1.29 is 0 Å². The molecule has 172 valence electrons. The Labute approximate surface area is 201 Å². The minimum Gasteiger partial charge on any atom is -0.0955 e. The maximum atomic E-state index is 4.69. The Morgan fingerprint density at radius 1 is 1.00 bits per heavy atom. The van der Waals surface area contributed by atoms with Crippen LogP contribution in [0.15, 0.2) is 100 Å². The fourth-order valence-electron chi connectivity index (χ4n) is 6.15. The first kappa shape index (κ1) is 23.6. The van der Waals surface area contributed by atoms with Gasteiger partial charge in [-0.2, -0.15) is 0 Å². The average Bonchev–Trinajstić information content (AvgIpc) is 3.34. The molecule has 0 bridgehead atoms. The Morgan fingerprint density at radius 3 is 2.39 bits per heavy atom. The van der Waals surface area contributed by atoms with Crippen LogP contribution >= 0.6 is 0 Å². The number of aryl methyl sites for hydroxylation is 2. The smallest absolute Gasteiger partial charge is 0.0201 e. The van der Waals surface area contributed by atoms with Gasteiger partial charge >= 0.3 is 0 Å². The zero-order chi connectivity index (χ0) is 23.7. The predicted molar refractivity (Wildman–Crippen MR) is 145 cm³/mol. The van der Waals surface area contributed by atoms with Gasteiger partial charge in [-0.05, 0) is 90.5 Å². The van der Waals surface area contributed by atoms with Gasteiger partial charge < -0.3 is 0 Å². The first-order valence-electron chi connectivity index (χ1n) is 12.8. The van der Waals surface area contributed by atoms with E-state index in [4.69, 9.17) is 6.58 Å². The van der Waals surface area contributed by atoms with Gasteiger partial charge in [0, 0.05) is 11.8 Å². The third-order valence-electron chi connectivity index (χ3n) is 7.76. The van der Waals surface area contributed by atoms with Crippen LogP contribution in [0.2, 0.25) is 0 Å². The Bertz CT molecular complexity index is 1140. The summed E-state index contributed by atoms with van der Waals surface area (Å²) < 4.78 is 0. The summed E-state index contributed by atoms with van der Waals surface area (Å²) in [5.74, 6) is 0.660. The van der Waals surface area contributed by atoms with E-state index in [0.29, 0.717) is 11.8 Å². The molecular weight excluding hydrogens is 396 g/mol. The highest BCUT2D eigenvalue weighted by Gasteiger charge is 2.41. The molecule has 0 aliphatic heterocycles. The van der Waals surface area contributed by atoms with E-state index in [1.165, 1.54) is 61.3 Å². The van der Waals surface area contributed by atoms with E-state index in [9.17, 15) is 0 Å². The summed E-state index contributed by atoms with van der Waals surface area (Å²) in [6.45, 7) is 20.6. The highest BCUT2D eigenvalue weighted by molar-refractivity contribution is 5.62. The van der Waals surface area contributed by atoms with Crippen molar-refractivity contribution in [2.24, 2.45) is 5.92 Å². The van der Waals surface area contributed by atoms with Gasteiger partial charge in [-0.1, -0.05) is 99.6 Å². The van der Waals surface area contributed by atoms with Gasteiger partial charge in [0.25, 0.3) is 0 Å². The second-order valence-corrected chi connectivity index (χ2v) is 10.2. The molecule has 3 aliphatic carbocycles. The van der Waals surface area contributed by atoms with Crippen LogP contribution in [0.1, 0.15) is 82.9 Å². The summed E-state index contributed by atoms with van der Waals surface area (Å²) in [4.78, 5) is 0. The van der Waals surface area contributed by atoms with Gasteiger partial charge in [-0.15, -0.1) is 0 Å². The van der Waals surface area contributed by atoms with Gasteiger partial charge in [0.05, 0.1) is 0 Å². The van der Waals surface area contributed by atoms with E-state index in [1.54, 1.807) is 0 Å². The topological polar surface area (TPSA) is 0 Å². The monoisotopic (exact) mass is 436 g/mol. The molecule has 0 heterocycles. The summed E-state index contributed by atoms with van der Waals surface area (Å²) in [5.41, 5.74) is 15.7. The summed E-state index contributed by atoms with van der Waals surface area (Å²) in [5, 5.41) is 0. The normalized spacial score (nSPS) is 23.6. The minimum atomic E-state index is 0.316. The molecule has 0 heteroatoms. The summed E-state index contributed by atoms with van der Waals surface area (Å²) in [6.07, 6.45) is 15.8. The molecule has 2 atom stereocenters. The third kappa shape index (κ3) is 4.45. The number of rotatable bonds is 7. The van der Waals surface area contributed by atoms with Crippen molar-refractivity contribution in [3.8, 4) is 0 Å². The van der Waals surface area contributed by atoms with Crippen molar-refractivity contribution in [2.75, 3.05) is 0 Å². The van der Waals surface area contributed by atoms with E-state index in [-0.39, 0.29) is 0 Å². The van der Waals surface area contributed by atoms with Gasteiger partial charge in [-0.3, -0.25) is 0 Å². The maximum absolute atomic E-state index is 4.69. The zero-order valence-electron chi connectivity index (χ0n) is 21.4. The molecule has 2 unspecified atom stereocenters. The highest BCUT2D eigenvalue weighted by Crippen LogP contribution is 2.55. The fourth-order valence-corrected chi connectivity index (χ4v) is 6.15. The van der Waals surface area contributed by atoms with Crippen molar-refractivity contribution in [3.05, 3.63) is 117 Å². The lowest BCUT2D eigenvalue weighted by Crippen LogP contribution is -2.21. The largest absolute Gasteiger partial charge is 0.0955 e. The van der Waals surface area contributed by atoms with E-state index >= 15 is 0 Å². The molecule has 0 spiro atoms. The standard InChI is InChI=1S/C33H40/c1-8-11-22(5)31-23(6)17-30-20-29(18-25-13-12-21(4)16-25)24(7)32(30)33(31)28-15-14-26(9-2)27(10-3)19-28/h12-15,17-19,32-33H,5,7-11,16,20H2,1-4,6H3. The number of hydrogen-bond acceptors (Lipinski definition) is 0. The fraction of sp³-hybridized carbons (Fsp3) is 0.394. The van der Waals surface area contributed by atoms with Gasteiger partial charge in [0.2, 0.25) is 0 Å². The molecule has 0 nitrogen and oxygen atoms in total. The number of fused-ring (bicyclic) bond motifs is 1. The molecular formula is C33H40. The van der Waals surface area contributed by atoms with Gasteiger partial charge in [-0.25, -0.2) is 0 Å². The van der Waals surface area contributed by atoms with Gasteiger partial charge in [0.1, 0.15) is 0 Å². The van der Waals surface area contributed by atoms with E-state index in [1.807, 2.05) is 0 Å². The SMILES string of the molecule is C=C(CCC)C1=C(C)C=C2CC(=CC3=CC=C(C)C3)C(=C)C2C1c1ccc(CC)c(CC)c1. The van der Waals surface area contributed by atoms with E-state index in [2.05, 4.69) is 83.7 Å². The molecule has 0 N–H and O–H groups in total. The quantitative estimate of drug-likeness (QED) is 0.399. The predicted octanol–water partition coefficient (Wildman–Crippen LogP) is 9.29. The van der Waals surface area contributed by atoms with Crippen LogP contribution in [0.5, 0.6) is 0 Å². The van der Waals surface area contributed by atoms with Crippen LogP contribution in [0.25, 0.3) is 0 Å². The van der Waals surface area contributed by atoms with Crippen molar-refractivity contribution >= 4 is 0 Å². The van der Waals surface area contributed by atoms with Crippen molar-refractivity contribution in [1.29, 1.82) is 0 Å². The molecule has 33 heavy (non-hydrogen) atoms. The van der Waals surface area contributed by atoms with Gasteiger partial charge in [0.15, 0.2) is 0 Å². The maximum Gasteiger partial charge on any atom is 0.0201 e. The van der Waals surface area contributed by atoms with Crippen LogP contribution in [-0.4, -0.2) is 0 Å². The second-order valence-electron chi connectivity index (χ2n) is 10.2. The van der Waals surface area contributed by atoms with Crippen LogP contribution in [0.3, 0.4) is 0 Å². The lowest BCUT2D eigenvalue weighted by atomic mass is 9.68. The molecule has 3 aliphatic rings. The second kappa shape index (κ2) is 9.72. The zero-order valence-corrected chi connectivity index (χ0v) is 21.4. The number of hydrogen-bond donors (Lipinski definition) is 0. The van der Waals surface area contributed by atoms with Crippen molar-refractivity contribution in [1.82, 2.24) is 0 Å². The van der Waals surface area contributed by atoms with E-state index < -0.39 is 0 Å². The highest BCUT2D eigenvalue weighted by atomic mass is 14.4. The molecule has 0 radical (unpaired) electrons. The summed E-state index contributed by atoms with van der Waals surface area (Å²) in [7, 11) is 0. The summed E-state index contributed by atoms with van der Waals surface area (Å²) in [6, 6.07) is 7.24. The van der Waals surface area contributed by atoms with Crippen molar-refractivity contribution in [2.45, 2.75) is 79.1 Å². The molecule has 1 aromatic carbocycles. The minimum absolute atomic E-state index is 0.316. The number of allylic oxidation sites excluding steroid dienone is 12. The van der Waals surface area contributed by atoms with Crippen LogP contribution < -0.4 is 0 Å². The molecule has 1 fully saturated rings. The van der Waals surface area contributed by atoms with Crippen LogP contribution in [0, 0.1) is 5.92 Å². The molecule has 4 rings (SSSR count). The Morgan fingerprint density at radius 2 is 1.76 bits per heavy atom. The summed E-state index contributed by atoms with van der Waals surface area (Å²) >= 11 is 0. The molecule has 1 saturated carbocycles. The first-order valence-corrected chi connectivity index (χ1v) is 12.8. The average molecular weight is 437 g/mol. The number of benzene rings is 1. The van der Waals surface area contributed by atoms with Crippen LogP contribution in [0.4, 0.5) is 0 Å². The lowest BCUT2D eigenvalue weighted by Gasteiger charge is -2.35. The molecule has 0 amide bonds. The Kier molecular flexibility index (Phi) is 6.94. The molecule has 1 aromatic rings.